The summed E-state index contributed by atoms with van der Waals surface area (Å²) in [6.45, 7) is 1.85. The number of hydrogen-bond donors (Lipinski definition) is 2. The van der Waals surface area contributed by atoms with Gasteiger partial charge in [-0.1, -0.05) is 23.4 Å². The predicted molar refractivity (Wildman–Crippen MR) is 86.5 cm³/mol. The van der Waals surface area contributed by atoms with Crippen molar-refractivity contribution in [3.63, 3.8) is 0 Å². The predicted octanol–water partition coefficient (Wildman–Crippen LogP) is 1.72. The van der Waals surface area contributed by atoms with Gasteiger partial charge >= 0.3 is 5.69 Å². The van der Waals surface area contributed by atoms with E-state index in [0.717, 1.165) is 11.9 Å². The van der Waals surface area contributed by atoms with Crippen molar-refractivity contribution in [3.05, 3.63) is 58.5 Å². The van der Waals surface area contributed by atoms with Crippen molar-refractivity contribution in [2.75, 3.05) is 11.1 Å². The van der Waals surface area contributed by atoms with E-state index >= 15 is 0 Å². The number of nitrogens with one attached hydrogen (secondary N) is 1. The first-order valence-corrected chi connectivity index (χ1v) is 7.05. The number of nitrogen functional groups attached to an aromatic ring is 1. The van der Waals surface area contributed by atoms with Crippen LogP contribution in [-0.4, -0.2) is 29.9 Å². The Morgan fingerprint density at radius 3 is 2.75 bits per heavy atom. The molecule has 3 aromatic rings. The highest BCUT2D eigenvalue weighted by molar-refractivity contribution is 5.53. The van der Waals surface area contributed by atoms with Gasteiger partial charge in [0.05, 0.1) is 22.8 Å². The molecule has 0 fully saturated rings. The van der Waals surface area contributed by atoms with Crippen LogP contribution in [0.1, 0.15) is 18.7 Å². The molecule has 0 aliphatic heterocycles. The molecule has 1 unspecified atom stereocenters. The van der Waals surface area contributed by atoms with Gasteiger partial charge in [-0.25, -0.2) is 9.67 Å². The molecule has 0 aliphatic rings. The number of para-hydroxylation sites is 1. The molecule has 0 spiro atoms. The van der Waals surface area contributed by atoms with Gasteiger partial charge < -0.3 is 11.1 Å². The van der Waals surface area contributed by atoms with Crippen LogP contribution in [0.3, 0.4) is 0 Å². The van der Waals surface area contributed by atoms with Crippen molar-refractivity contribution >= 4 is 17.5 Å². The molecule has 122 valence electrons. The van der Waals surface area contributed by atoms with E-state index in [2.05, 4.69) is 25.6 Å². The second-order valence-electron chi connectivity index (χ2n) is 5.01. The number of nitrogens with two attached hydrogens (primary N) is 1. The fourth-order valence-electron chi connectivity index (χ4n) is 2.05. The van der Waals surface area contributed by atoms with E-state index in [9.17, 15) is 10.1 Å². The van der Waals surface area contributed by atoms with Crippen LogP contribution in [0.2, 0.25) is 0 Å². The van der Waals surface area contributed by atoms with Gasteiger partial charge in [-0.05, 0) is 19.1 Å². The maximum Gasteiger partial charge on any atom is 0.329 e. The number of rotatable bonds is 5. The Kier molecular flexibility index (Phi) is 4.01. The third-order valence-electron chi connectivity index (χ3n) is 3.32. The zero-order chi connectivity index (χ0) is 17.1. The van der Waals surface area contributed by atoms with Crippen LogP contribution in [-0.2, 0) is 0 Å². The minimum absolute atomic E-state index is 0.180. The second-order valence-corrected chi connectivity index (χ2v) is 5.01. The summed E-state index contributed by atoms with van der Waals surface area (Å²) in [5.41, 5.74) is 6.78. The molecule has 10 nitrogen and oxygen atoms in total. The maximum atomic E-state index is 10.7. The van der Waals surface area contributed by atoms with Crippen molar-refractivity contribution in [2.24, 2.45) is 0 Å². The van der Waals surface area contributed by atoms with Gasteiger partial charge in [0.15, 0.2) is 0 Å². The highest BCUT2D eigenvalue weighted by atomic mass is 16.6. The SMILES string of the molecule is CC(Nc1ncc([N+](=O)[O-])c(N)n1)c1cn(-c2ccccc2)nn1. The fourth-order valence-corrected chi connectivity index (χ4v) is 2.05. The van der Waals surface area contributed by atoms with Crippen molar-refractivity contribution in [1.82, 2.24) is 25.0 Å². The minimum atomic E-state index is -0.631. The van der Waals surface area contributed by atoms with E-state index in [1.165, 1.54) is 0 Å². The first kappa shape index (κ1) is 15.3. The minimum Gasteiger partial charge on any atom is -0.378 e. The third-order valence-corrected chi connectivity index (χ3v) is 3.32. The third kappa shape index (κ3) is 3.11. The molecule has 2 aromatic heterocycles. The molecule has 0 amide bonds. The van der Waals surface area contributed by atoms with Gasteiger partial charge in [-0.3, -0.25) is 10.1 Å². The molecule has 0 saturated heterocycles. The van der Waals surface area contributed by atoms with E-state index in [1.807, 2.05) is 37.3 Å². The molecule has 0 bridgehead atoms. The van der Waals surface area contributed by atoms with Gasteiger partial charge in [0.1, 0.15) is 11.9 Å². The summed E-state index contributed by atoms with van der Waals surface area (Å²) < 4.78 is 1.65. The van der Waals surface area contributed by atoms with Crippen LogP contribution < -0.4 is 11.1 Å². The molecule has 0 aliphatic carbocycles. The van der Waals surface area contributed by atoms with Gasteiger partial charge in [-0.15, -0.1) is 5.10 Å². The van der Waals surface area contributed by atoms with Crippen molar-refractivity contribution < 1.29 is 4.92 Å². The van der Waals surface area contributed by atoms with Gasteiger partial charge in [0.25, 0.3) is 0 Å². The lowest BCUT2D eigenvalue weighted by Crippen LogP contribution is -2.11. The molecule has 1 atom stereocenters. The first-order chi connectivity index (χ1) is 11.5. The highest BCUT2D eigenvalue weighted by Gasteiger charge is 2.17. The monoisotopic (exact) mass is 326 g/mol. The Balaban J connectivity index is 1.76. The Morgan fingerprint density at radius 1 is 1.33 bits per heavy atom. The smallest absolute Gasteiger partial charge is 0.329 e. The summed E-state index contributed by atoms with van der Waals surface area (Å²) in [7, 11) is 0. The number of benzene rings is 1. The molecular weight excluding hydrogens is 312 g/mol. The van der Waals surface area contributed by atoms with Crippen LogP contribution in [0.4, 0.5) is 17.5 Å². The van der Waals surface area contributed by atoms with E-state index in [0.29, 0.717) is 5.69 Å². The first-order valence-electron chi connectivity index (χ1n) is 7.05. The molecule has 24 heavy (non-hydrogen) atoms. The van der Waals surface area contributed by atoms with Crippen LogP contribution >= 0.6 is 0 Å². The summed E-state index contributed by atoms with van der Waals surface area (Å²) in [6, 6.07) is 9.30. The van der Waals surface area contributed by atoms with Crippen molar-refractivity contribution in [3.8, 4) is 5.69 Å². The van der Waals surface area contributed by atoms with Gasteiger partial charge in [-0.2, -0.15) is 4.98 Å². The van der Waals surface area contributed by atoms with Crippen LogP contribution in [0.25, 0.3) is 5.69 Å². The zero-order valence-corrected chi connectivity index (χ0v) is 12.7. The maximum absolute atomic E-state index is 10.7. The second kappa shape index (κ2) is 6.28. The molecule has 0 saturated carbocycles. The lowest BCUT2D eigenvalue weighted by Gasteiger charge is -2.10. The molecule has 2 heterocycles. The summed E-state index contributed by atoms with van der Waals surface area (Å²) in [6.07, 6.45) is 2.85. The molecule has 1 aromatic carbocycles. The number of anilines is 2. The van der Waals surface area contributed by atoms with E-state index in [-0.39, 0.29) is 23.5 Å². The van der Waals surface area contributed by atoms with Gasteiger partial charge in [0.2, 0.25) is 11.8 Å². The number of aromatic nitrogens is 5. The lowest BCUT2D eigenvalue weighted by molar-refractivity contribution is -0.384. The van der Waals surface area contributed by atoms with Crippen molar-refractivity contribution in [2.45, 2.75) is 13.0 Å². The van der Waals surface area contributed by atoms with E-state index < -0.39 is 4.92 Å². The fraction of sp³-hybridized carbons (Fsp3) is 0.143. The average Bonchev–Trinajstić information content (AvgIpc) is 3.05. The summed E-state index contributed by atoms with van der Waals surface area (Å²) in [5.74, 6) is -0.0162. The molecular formula is C14H14N8O2. The van der Waals surface area contributed by atoms with Crippen LogP contribution in [0, 0.1) is 10.1 Å². The van der Waals surface area contributed by atoms with E-state index in [1.54, 1.807) is 10.9 Å². The quantitative estimate of drug-likeness (QED) is 0.534. The Morgan fingerprint density at radius 2 is 2.08 bits per heavy atom. The van der Waals surface area contributed by atoms with Crippen LogP contribution in [0.5, 0.6) is 0 Å². The Labute approximate surface area is 136 Å². The Bertz CT molecular complexity index is 864. The Hall–Kier alpha value is -3.56. The van der Waals surface area contributed by atoms with Gasteiger partial charge in [0, 0.05) is 0 Å². The van der Waals surface area contributed by atoms with Crippen LogP contribution in [0.15, 0.2) is 42.7 Å². The highest BCUT2D eigenvalue weighted by Crippen LogP contribution is 2.21. The summed E-state index contributed by atoms with van der Waals surface area (Å²) in [5, 5.41) is 21.9. The largest absolute Gasteiger partial charge is 0.378 e. The number of nitro groups is 1. The average molecular weight is 326 g/mol. The molecule has 10 heteroatoms. The van der Waals surface area contributed by atoms with Crippen molar-refractivity contribution in [1.29, 1.82) is 0 Å². The standard InChI is InChI=1S/C14H14N8O2/c1-9(17-14-16-7-12(22(23)24)13(15)18-14)11-8-21(20-19-11)10-5-3-2-4-6-10/h2-9H,1H3,(H3,15,16,17,18). The molecule has 0 radical (unpaired) electrons. The number of hydrogen-bond acceptors (Lipinski definition) is 8. The molecule has 3 rings (SSSR count). The number of nitrogens with zero attached hydrogens (tertiary/aromatic N) is 6. The summed E-state index contributed by atoms with van der Waals surface area (Å²) in [4.78, 5) is 17.9. The van der Waals surface area contributed by atoms with E-state index in [4.69, 9.17) is 5.73 Å². The topological polar surface area (TPSA) is 138 Å². The lowest BCUT2D eigenvalue weighted by atomic mass is 10.2. The normalized spacial score (nSPS) is 11.9. The zero-order valence-electron chi connectivity index (χ0n) is 12.7. The summed E-state index contributed by atoms with van der Waals surface area (Å²) >= 11 is 0. The molecule has 3 N–H and O–H groups in total.